The topological polar surface area (TPSA) is 43.1 Å². The van der Waals surface area contributed by atoms with Gasteiger partial charge >= 0.3 is 0 Å². The van der Waals surface area contributed by atoms with Crippen LogP contribution in [0.25, 0.3) is 0 Å². The number of hydrogen-bond donors (Lipinski definition) is 1. The first-order chi connectivity index (χ1) is 5.65. The van der Waals surface area contributed by atoms with E-state index in [-0.39, 0.29) is 5.78 Å². The molecule has 2 nitrogen and oxygen atoms in total. The van der Waals surface area contributed by atoms with E-state index in [1.54, 1.807) is 13.0 Å². The van der Waals surface area contributed by atoms with Gasteiger partial charge in [0, 0.05) is 11.3 Å². The van der Waals surface area contributed by atoms with Gasteiger partial charge in [-0.2, -0.15) is 0 Å². The lowest BCUT2D eigenvalue weighted by Gasteiger charge is -2.03. The van der Waals surface area contributed by atoms with Gasteiger partial charge in [0.1, 0.15) is 0 Å². The Bertz CT molecular complexity index is 305. The summed E-state index contributed by atoms with van der Waals surface area (Å²) >= 11 is 0. The first-order valence-electron chi connectivity index (χ1n) is 4.04. The van der Waals surface area contributed by atoms with Gasteiger partial charge in [-0.05, 0) is 25.0 Å². The second-order valence-corrected chi connectivity index (χ2v) is 2.82. The number of Topliss-reactive ketones (excluding diaryl/α,β-unsaturated/α-hetero) is 1. The highest BCUT2D eigenvalue weighted by Gasteiger charge is 2.01. The van der Waals surface area contributed by atoms with Crippen LogP contribution in [0.1, 0.15) is 29.8 Å². The number of ketones is 1. The largest absolute Gasteiger partial charge is 0.398 e. The maximum atomic E-state index is 10.9. The van der Waals surface area contributed by atoms with Crippen molar-refractivity contribution in [2.45, 2.75) is 20.3 Å². The normalized spacial score (nSPS) is 9.83. The molecule has 0 unspecified atom stereocenters. The van der Waals surface area contributed by atoms with Crippen LogP contribution in [0.5, 0.6) is 0 Å². The number of benzene rings is 1. The fraction of sp³-hybridized carbons (Fsp3) is 0.300. The minimum absolute atomic E-state index is 0.0596. The molecule has 64 valence electrons. The molecule has 1 aromatic rings. The van der Waals surface area contributed by atoms with Crippen molar-refractivity contribution in [3.63, 3.8) is 0 Å². The quantitative estimate of drug-likeness (QED) is 0.535. The van der Waals surface area contributed by atoms with Crippen LogP contribution in [0.3, 0.4) is 0 Å². The number of carbonyl (C=O) groups excluding carboxylic acids is 1. The van der Waals surface area contributed by atoms with E-state index in [4.69, 9.17) is 5.73 Å². The number of rotatable bonds is 2. The Balaban J connectivity index is 3.10. The molecule has 0 fully saturated rings. The molecule has 2 heteroatoms. The summed E-state index contributed by atoms with van der Waals surface area (Å²) in [5, 5.41) is 0. The van der Waals surface area contributed by atoms with Gasteiger partial charge in [0.15, 0.2) is 5.78 Å². The Morgan fingerprint density at radius 3 is 2.58 bits per heavy atom. The van der Waals surface area contributed by atoms with Crippen molar-refractivity contribution in [3.8, 4) is 0 Å². The third-order valence-electron chi connectivity index (χ3n) is 1.93. The molecular formula is C10H13NO. The van der Waals surface area contributed by atoms with Crippen LogP contribution in [0.4, 0.5) is 5.69 Å². The van der Waals surface area contributed by atoms with Crippen molar-refractivity contribution in [1.29, 1.82) is 0 Å². The van der Waals surface area contributed by atoms with Gasteiger partial charge < -0.3 is 5.73 Å². The summed E-state index contributed by atoms with van der Waals surface area (Å²) in [4.78, 5) is 10.9. The predicted molar refractivity (Wildman–Crippen MR) is 50.2 cm³/mol. The molecule has 12 heavy (non-hydrogen) atoms. The molecule has 0 radical (unpaired) electrons. The summed E-state index contributed by atoms with van der Waals surface area (Å²) in [5.41, 5.74) is 8.21. The van der Waals surface area contributed by atoms with E-state index in [9.17, 15) is 4.79 Å². The van der Waals surface area contributed by atoms with Crippen molar-refractivity contribution in [2.75, 3.05) is 5.73 Å². The van der Waals surface area contributed by atoms with E-state index >= 15 is 0 Å². The Labute approximate surface area is 72.4 Å². The first kappa shape index (κ1) is 8.78. The van der Waals surface area contributed by atoms with E-state index in [0.29, 0.717) is 11.3 Å². The van der Waals surface area contributed by atoms with Crippen LogP contribution < -0.4 is 5.73 Å². The smallest absolute Gasteiger partial charge is 0.159 e. The monoisotopic (exact) mass is 163 g/mol. The summed E-state index contributed by atoms with van der Waals surface area (Å²) < 4.78 is 0. The van der Waals surface area contributed by atoms with Crippen molar-refractivity contribution >= 4 is 11.5 Å². The fourth-order valence-electron chi connectivity index (χ4n) is 1.14. The zero-order valence-corrected chi connectivity index (χ0v) is 7.42. The van der Waals surface area contributed by atoms with E-state index in [0.717, 1.165) is 12.0 Å². The second kappa shape index (κ2) is 3.39. The lowest BCUT2D eigenvalue weighted by molar-refractivity contribution is 0.101. The molecular weight excluding hydrogens is 150 g/mol. The molecule has 0 heterocycles. The van der Waals surface area contributed by atoms with Crippen molar-refractivity contribution < 1.29 is 4.79 Å². The molecule has 1 aromatic carbocycles. The second-order valence-electron chi connectivity index (χ2n) is 2.82. The summed E-state index contributed by atoms with van der Waals surface area (Å²) in [5.74, 6) is 0.0596. The predicted octanol–water partition coefficient (Wildman–Crippen LogP) is 2.03. The van der Waals surface area contributed by atoms with E-state index in [1.807, 2.05) is 19.1 Å². The number of carbonyl (C=O) groups is 1. The van der Waals surface area contributed by atoms with Crippen LogP contribution in [0.2, 0.25) is 0 Å². The van der Waals surface area contributed by atoms with Gasteiger partial charge in [-0.25, -0.2) is 0 Å². The Morgan fingerprint density at radius 1 is 1.50 bits per heavy atom. The lowest BCUT2D eigenvalue weighted by Crippen LogP contribution is -1.97. The summed E-state index contributed by atoms with van der Waals surface area (Å²) in [6, 6.07) is 5.46. The maximum Gasteiger partial charge on any atom is 0.159 e. The molecule has 0 saturated heterocycles. The first-order valence-corrected chi connectivity index (χ1v) is 4.04. The number of aryl methyl sites for hydroxylation is 1. The third-order valence-corrected chi connectivity index (χ3v) is 1.93. The van der Waals surface area contributed by atoms with Crippen LogP contribution in [0.15, 0.2) is 18.2 Å². The lowest BCUT2D eigenvalue weighted by atomic mass is 10.1. The van der Waals surface area contributed by atoms with Gasteiger partial charge in [-0.3, -0.25) is 4.79 Å². The Kier molecular flexibility index (Phi) is 2.48. The third kappa shape index (κ3) is 1.64. The summed E-state index contributed by atoms with van der Waals surface area (Å²) in [6.45, 7) is 3.58. The van der Waals surface area contributed by atoms with Crippen molar-refractivity contribution in [1.82, 2.24) is 0 Å². The number of nitrogens with two attached hydrogens (primary N) is 1. The molecule has 0 atom stereocenters. The number of anilines is 1. The highest BCUT2D eigenvalue weighted by molar-refractivity contribution is 5.95. The molecule has 0 aliphatic rings. The standard InChI is InChI=1S/C10H13NO/c1-3-8-4-5-9(7(2)12)6-10(8)11/h4-6H,3,11H2,1-2H3. The molecule has 0 spiro atoms. The van der Waals surface area contributed by atoms with Crippen LogP contribution in [-0.4, -0.2) is 5.78 Å². The number of nitrogen functional groups attached to an aromatic ring is 1. The van der Waals surface area contributed by atoms with E-state index in [2.05, 4.69) is 0 Å². The Hall–Kier alpha value is -1.31. The molecule has 2 N–H and O–H groups in total. The summed E-state index contributed by atoms with van der Waals surface area (Å²) in [7, 11) is 0. The minimum Gasteiger partial charge on any atom is -0.398 e. The van der Waals surface area contributed by atoms with Gasteiger partial charge in [-0.1, -0.05) is 19.1 Å². The van der Waals surface area contributed by atoms with Crippen LogP contribution >= 0.6 is 0 Å². The average Bonchev–Trinajstić information content (AvgIpc) is 2.04. The molecule has 0 saturated carbocycles. The number of hydrogen-bond acceptors (Lipinski definition) is 2. The van der Waals surface area contributed by atoms with Crippen LogP contribution in [-0.2, 0) is 6.42 Å². The Morgan fingerprint density at radius 2 is 2.17 bits per heavy atom. The molecule has 0 aromatic heterocycles. The average molecular weight is 163 g/mol. The van der Waals surface area contributed by atoms with Crippen molar-refractivity contribution in [2.24, 2.45) is 0 Å². The molecule has 0 bridgehead atoms. The molecule has 0 aliphatic heterocycles. The van der Waals surface area contributed by atoms with Gasteiger partial charge in [0.25, 0.3) is 0 Å². The SMILES string of the molecule is CCc1ccc(C(C)=O)cc1N. The maximum absolute atomic E-state index is 10.9. The zero-order chi connectivity index (χ0) is 9.14. The molecule has 0 amide bonds. The zero-order valence-electron chi connectivity index (χ0n) is 7.42. The highest BCUT2D eigenvalue weighted by atomic mass is 16.1. The minimum atomic E-state index is 0.0596. The highest BCUT2D eigenvalue weighted by Crippen LogP contribution is 2.14. The summed E-state index contributed by atoms with van der Waals surface area (Å²) in [6.07, 6.45) is 0.907. The molecule has 0 aliphatic carbocycles. The van der Waals surface area contributed by atoms with Gasteiger partial charge in [0.05, 0.1) is 0 Å². The van der Waals surface area contributed by atoms with Gasteiger partial charge in [-0.15, -0.1) is 0 Å². The fourth-order valence-corrected chi connectivity index (χ4v) is 1.14. The van der Waals surface area contributed by atoms with E-state index < -0.39 is 0 Å². The van der Waals surface area contributed by atoms with Crippen molar-refractivity contribution in [3.05, 3.63) is 29.3 Å². The van der Waals surface area contributed by atoms with Gasteiger partial charge in [0.2, 0.25) is 0 Å². The van der Waals surface area contributed by atoms with E-state index in [1.165, 1.54) is 0 Å². The van der Waals surface area contributed by atoms with Crippen LogP contribution in [0, 0.1) is 0 Å². The molecule has 1 rings (SSSR count).